The standard InChI is InChI=1S/C19H25N5O2S/c1-22-9-7-14(8-10-22)23(2)16(13-5-4-6-15(11-13)26-3)17-18(25)24-19(27-17)20-12-21-24/h4-6,11-12,14,16,25H,7-10H2,1-3H3. The van der Waals surface area contributed by atoms with Gasteiger partial charge in [0.15, 0.2) is 0 Å². The SMILES string of the molecule is COc1cccc(C(c2sc3ncnn3c2O)N(C)C2CCN(C)CC2)c1. The number of rotatable bonds is 5. The van der Waals surface area contributed by atoms with Crippen LogP contribution in [-0.2, 0) is 0 Å². The highest BCUT2D eigenvalue weighted by atomic mass is 32.1. The Morgan fingerprint density at radius 3 is 2.81 bits per heavy atom. The van der Waals surface area contributed by atoms with Crippen LogP contribution in [0.25, 0.3) is 4.96 Å². The van der Waals surface area contributed by atoms with E-state index in [2.05, 4.69) is 40.0 Å². The Balaban J connectivity index is 1.76. The Hall–Kier alpha value is -2.16. The monoisotopic (exact) mass is 387 g/mol. The van der Waals surface area contributed by atoms with Crippen molar-refractivity contribution in [3.63, 3.8) is 0 Å². The quantitative estimate of drug-likeness (QED) is 0.726. The van der Waals surface area contributed by atoms with Crippen molar-refractivity contribution in [2.75, 3.05) is 34.3 Å². The molecule has 8 heteroatoms. The van der Waals surface area contributed by atoms with Gasteiger partial charge < -0.3 is 14.7 Å². The molecule has 0 spiro atoms. The number of methoxy groups -OCH3 is 1. The summed E-state index contributed by atoms with van der Waals surface area (Å²) in [6, 6.07) is 8.44. The number of aromatic hydroxyl groups is 1. The average molecular weight is 388 g/mol. The lowest BCUT2D eigenvalue weighted by atomic mass is 9.97. The van der Waals surface area contributed by atoms with E-state index in [4.69, 9.17) is 4.74 Å². The molecule has 0 amide bonds. The molecule has 1 N–H and O–H groups in total. The molecule has 3 aromatic rings. The van der Waals surface area contributed by atoms with Crippen LogP contribution in [0.1, 0.15) is 29.3 Å². The van der Waals surface area contributed by atoms with E-state index in [0.29, 0.717) is 11.0 Å². The Labute approximate surface area is 162 Å². The van der Waals surface area contributed by atoms with Crippen molar-refractivity contribution in [2.45, 2.75) is 24.9 Å². The molecule has 1 aliphatic rings. The third kappa shape index (κ3) is 3.40. The average Bonchev–Trinajstić information content (AvgIpc) is 3.26. The van der Waals surface area contributed by atoms with Crippen molar-refractivity contribution in [3.05, 3.63) is 41.0 Å². The molecule has 0 saturated carbocycles. The van der Waals surface area contributed by atoms with E-state index in [1.165, 1.54) is 22.2 Å². The van der Waals surface area contributed by atoms with Gasteiger partial charge in [-0.3, -0.25) is 4.90 Å². The third-order valence-corrected chi connectivity index (χ3v) is 6.55. The molecule has 3 heterocycles. The molecule has 1 saturated heterocycles. The number of ether oxygens (including phenoxy) is 1. The summed E-state index contributed by atoms with van der Waals surface area (Å²) >= 11 is 1.49. The van der Waals surface area contributed by atoms with Gasteiger partial charge in [0.1, 0.15) is 12.1 Å². The number of fused-ring (bicyclic) bond motifs is 1. The number of hydrogen-bond donors (Lipinski definition) is 1. The van der Waals surface area contributed by atoms with Crippen LogP contribution in [0.2, 0.25) is 0 Å². The highest BCUT2D eigenvalue weighted by Crippen LogP contribution is 2.41. The van der Waals surface area contributed by atoms with Gasteiger partial charge in [0.05, 0.1) is 18.0 Å². The van der Waals surface area contributed by atoms with E-state index >= 15 is 0 Å². The fourth-order valence-corrected chi connectivity index (χ4v) is 4.98. The largest absolute Gasteiger partial charge is 0.497 e. The lowest BCUT2D eigenvalue weighted by molar-refractivity contribution is 0.121. The molecule has 0 aliphatic carbocycles. The van der Waals surface area contributed by atoms with E-state index in [1.807, 2.05) is 18.2 Å². The molecule has 1 atom stereocenters. The molecule has 0 bridgehead atoms. The summed E-state index contributed by atoms with van der Waals surface area (Å²) in [5, 5.41) is 15.0. The predicted molar refractivity (Wildman–Crippen MR) is 106 cm³/mol. The predicted octanol–water partition coefficient (Wildman–Crippen LogP) is 2.62. The fourth-order valence-electron chi connectivity index (χ4n) is 3.87. The summed E-state index contributed by atoms with van der Waals surface area (Å²) in [5.74, 6) is 0.980. The van der Waals surface area contributed by atoms with Crippen molar-refractivity contribution < 1.29 is 9.84 Å². The number of piperidine rings is 1. The summed E-state index contributed by atoms with van der Waals surface area (Å²) in [6.45, 7) is 2.17. The van der Waals surface area contributed by atoms with Gasteiger partial charge in [0.2, 0.25) is 10.8 Å². The topological polar surface area (TPSA) is 66.1 Å². The van der Waals surface area contributed by atoms with Gasteiger partial charge in [-0.1, -0.05) is 23.5 Å². The van der Waals surface area contributed by atoms with E-state index in [9.17, 15) is 5.11 Å². The van der Waals surface area contributed by atoms with Crippen LogP contribution in [0.3, 0.4) is 0 Å². The smallest absolute Gasteiger partial charge is 0.230 e. The van der Waals surface area contributed by atoms with Gasteiger partial charge in [0.25, 0.3) is 0 Å². The van der Waals surface area contributed by atoms with Crippen molar-refractivity contribution >= 4 is 16.3 Å². The van der Waals surface area contributed by atoms with Gasteiger partial charge in [-0.2, -0.15) is 9.61 Å². The molecule has 0 radical (unpaired) electrons. The van der Waals surface area contributed by atoms with Crippen LogP contribution in [0.4, 0.5) is 0 Å². The van der Waals surface area contributed by atoms with E-state index in [0.717, 1.165) is 42.1 Å². The van der Waals surface area contributed by atoms with Crippen LogP contribution in [0.5, 0.6) is 11.6 Å². The molecule has 7 nitrogen and oxygen atoms in total. The zero-order chi connectivity index (χ0) is 19.0. The van der Waals surface area contributed by atoms with Gasteiger partial charge in [-0.15, -0.1) is 0 Å². The second-order valence-corrected chi connectivity index (χ2v) is 8.13. The minimum atomic E-state index is -0.0815. The Bertz CT molecular complexity index is 916. The van der Waals surface area contributed by atoms with Crippen LogP contribution >= 0.6 is 11.3 Å². The van der Waals surface area contributed by atoms with E-state index in [1.54, 1.807) is 7.11 Å². The minimum absolute atomic E-state index is 0.0815. The van der Waals surface area contributed by atoms with Gasteiger partial charge in [-0.05, 0) is 57.7 Å². The number of benzene rings is 1. The zero-order valence-electron chi connectivity index (χ0n) is 15.9. The maximum atomic E-state index is 10.8. The Morgan fingerprint density at radius 1 is 1.33 bits per heavy atom. The number of thiazole rings is 1. The van der Waals surface area contributed by atoms with Crippen LogP contribution in [0.15, 0.2) is 30.6 Å². The first-order valence-corrected chi connectivity index (χ1v) is 9.96. The van der Waals surface area contributed by atoms with Crippen molar-refractivity contribution in [1.29, 1.82) is 0 Å². The van der Waals surface area contributed by atoms with Gasteiger partial charge in [0, 0.05) is 6.04 Å². The van der Waals surface area contributed by atoms with Crippen molar-refractivity contribution in [1.82, 2.24) is 24.4 Å². The summed E-state index contributed by atoms with van der Waals surface area (Å²) in [7, 11) is 5.99. The second-order valence-electron chi connectivity index (χ2n) is 7.12. The Morgan fingerprint density at radius 2 is 2.11 bits per heavy atom. The third-order valence-electron chi connectivity index (χ3n) is 5.47. The number of nitrogens with zero attached hydrogens (tertiary/aromatic N) is 5. The molecular weight excluding hydrogens is 362 g/mol. The van der Waals surface area contributed by atoms with Crippen molar-refractivity contribution in [2.24, 2.45) is 0 Å². The van der Waals surface area contributed by atoms with Crippen molar-refractivity contribution in [3.8, 4) is 11.6 Å². The number of aromatic nitrogens is 3. The van der Waals surface area contributed by atoms with Crippen LogP contribution < -0.4 is 4.74 Å². The second kappa shape index (κ2) is 7.46. The van der Waals surface area contributed by atoms with E-state index in [-0.39, 0.29) is 11.9 Å². The summed E-state index contributed by atoms with van der Waals surface area (Å²) in [5.41, 5.74) is 1.09. The first-order chi connectivity index (χ1) is 13.1. The fraction of sp³-hybridized carbons (Fsp3) is 0.474. The molecule has 144 valence electrons. The minimum Gasteiger partial charge on any atom is -0.497 e. The normalized spacial score (nSPS) is 17.6. The Kier molecular flexibility index (Phi) is 5.03. The summed E-state index contributed by atoms with van der Waals surface area (Å²) in [4.78, 5) is 10.6. The molecule has 2 aromatic heterocycles. The van der Waals surface area contributed by atoms with E-state index < -0.39 is 0 Å². The zero-order valence-corrected chi connectivity index (χ0v) is 16.7. The summed E-state index contributed by atoms with van der Waals surface area (Å²) < 4.78 is 6.95. The highest BCUT2D eigenvalue weighted by molar-refractivity contribution is 7.17. The molecule has 1 aromatic carbocycles. The molecular formula is C19H25N5O2S. The van der Waals surface area contributed by atoms with Gasteiger partial charge >= 0.3 is 0 Å². The first kappa shape index (κ1) is 18.2. The number of hydrogen-bond acceptors (Lipinski definition) is 7. The van der Waals surface area contributed by atoms with Gasteiger partial charge in [-0.25, -0.2) is 4.98 Å². The maximum absolute atomic E-state index is 10.8. The lowest BCUT2D eigenvalue weighted by Crippen LogP contribution is -2.43. The highest BCUT2D eigenvalue weighted by Gasteiger charge is 2.32. The summed E-state index contributed by atoms with van der Waals surface area (Å²) in [6.07, 6.45) is 3.68. The lowest BCUT2D eigenvalue weighted by Gasteiger charge is -2.39. The maximum Gasteiger partial charge on any atom is 0.230 e. The van der Waals surface area contributed by atoms with Crippen LogP contribution in [-0.4, -0.2) is 69.8 Å². The molecule has 4 rings (SSSR count). The molecule has 1 fully saturated rings. The molecule has 1 aliphatic heterocycles. The first-order valence-electron chi connectivity index (χ1n) is 9.14. The molecule has 1 unspecified atom stereocenters. The number of likely N-dealkylation sites (tertiary alicyclic amines) is 1. The molecule has 27 heavy (non-hydrogen) atoms. The van der Waals surface area contributed by atoms with Crippen LogP contribution in [0, 0.1) is 0 Å².